The average molecular weight is 201 g/mol. The minimum Gasteiger partial charge on any atom is -0.398 e. The first-order valence-corrected chi connectivity index (χ1v) is 4.13. The van der Waals surface area contributed by atoms with E-state index in [-0.39, 0.29) is 0 Å². The first-order valence-electron chi connectivity index (χ1n) is 3.01. The smallest absolute Gasteiger partial charge is 0.0393 e. The van der Waals surface area contributed by atoms with E-state index in [1.807, 2.05) is 13.0 Å². The molecule has 54 valence electrons. The van der Waals surface area contributed by atoms with E-state index in [2.05, 4.69) is 20.9 Å². The Hall–Kier alpha value is -0.570. The van der Waals surface area contributed by atoms with Gasteiger partial charge in [-0.05, 0) is 13.0 Å². The fourth-order valence-electron chi connectivity index (χ4n) is 0.721. The minimum absolute atomic E-state index is 0.770. The van der Waals surface area contributed by atoms with E-state index in [9.17, 15) is 0 Å². The molecule has 0 aromatic carbocycles. The zero-order chi connectivity index (χ0) is 7.56. The van der Waals surface area contributed by atoms with Crippen LogP contribution in [0, 0.1) is 6.92 Å². The molecule has 2 nitrogen and oxygen atoms in total. The molecule has 0 saturated carbocycles. The van der Waals surface area contributed by atoms with E-state index in [1.54, 1.807) is 6.20 Å². The Labute approximate surface area is 68.6 Å². The van der Waals surface area contributed by atoms with Gasteiger partial charge in [0.1, 0.15) is 0 Å². The molecule has 0 bridgehead atoms. The number of rotatable bonds is 1. The fraction of sp³-hybridized carbons (Fsp3) is 0.286. The van der Waals surface area contributed by atoms with Crippen LogP contribution < -0.4 is 5.73 Å². The molecule has 0 radical (unpaired) electrons. The third kappa shape index (κ3) is 1.48. The summed E-state index contributed by atoms with van der Waals surface area (Å²) in [6.07, 6.45) is 1.79. The van der Waals surface area contributed by atoms with Crippen molar-refractivity contribution >= 4 is 21.6 Å². The minimum atomic E-state index is 0.770. The van der Waals surface area contributed by atoms with Gasteiger partial charge in [0.05, 0.1) is 0 Å². The fourth-order valence-corrected chi connectivity index (χ4v) is 1.19. The van der Waals surface area contributed by atoms with Crippen molar-refractivity contribution in [2.24, 2.45) is 0 Å². The molecule has 3 heteroatoms. The summed E-state index contributed by atoms with van der Waals surface area (Å²) in [5.74, 6) is 0. The van der Waals surface area contributed by atoms with Crippen molar-refractivity contribution in [2.75, 3.05) is 5.73 Å². The molecule has 0 aliphatic carbocycles. The highest BCUT2D eigenvalue weighted by molar-refractivity contribution is 9.08. The van der Waals surface area contributed by atoms with Crippen LogP contribution in [0.15, 0.2) is 12.3 Å². The quantitative estimate of drug-likeness (QED) is 0.704. The second-order valence-electron chi connectivity index (χ2n) is 2.16. The van der Waals surface area contributed by atoms with Gasteiger partial charge in [-0.25, -0.2) is 0 Å². The van der Waals surface area contributed by atoms with Gasteiger partial charge in [0.15, 0.2) is 0 Å². The zero-order valence-corrected chi connectivity index (χ0v) is 7.35. The second kappa shape index (κ2) is 3.01. The summed E-state index contributed by atoms with van der Waals surface area (Å²) in [6.45, 7) is 1.92. The molecule has 1 aromatic heterocycles. The molecule has 0 aliphatic rings. The van der Waals surface area contributed by atoms with E-state index in [1.165, 1.54) is 0 Å². The summed E-state index contributed by atoms with van der Waals surface area (Å²) in [5, 5.41) is 0.770. The molecule has 0 saturated heterocycles. The van der Waals surface area contributed by atoms with Crippen LogP contribution in [-0.4, -0.2) is 4.98 Å². The number of aryl methyl sites for hydroxylation is 1. The number of nitrogens with zero attached hydrogens (tertiary/aromatic N) is 1. The van der Waals surface area contributed by atoms with Crippen LogP contribution in [0.25, 0.3) is 0 Å². The average Bonchev–Trinajstić information content (AvgIpc) is 1.88. The molecule has 1 aromatic rings. The van der Waals surface area contributed by atoms with Crippen molar-refractivity contribution in [3.8, 4) is 0 Å². The number of nitrogens with two attached hydrogens (primary N) is 1. The number of anilines is 1. The zero-order valence-electron chi connectivity index (χ0n) is 5.76. The number of alkyl halides is 1. The maximum Gasteiger partial charge on any atom is 0.0393 e. The number of pyridine rings is 1. The third-order valence-electron chi connectivity index (χ3n) is 1.30. The van der Waals surface area contributed by atoms with Crippen molar-refractivity contribution in [3.63, 3.8) is 0 Å². The molecule has 2 N–H and O–H groups in total. The molecular weight excluding hydrogens is 192 g/mol. The highest BCUT2D eigenvalue weighted by atomic mass is 79.9. The van der Waals surface area contributed by atoms with Crippen LogP contribution in [0.4, 0.5) is 5.69 Å². The Morgan fingerprint density at radius 1 is 1.70 bits per heavy atom. The summed E-state index contributed by atoms with van der Waals surface area (Å²) < 4.78 is 0. The van der Waals surface area contributed by atoms with Crippen LogP contribution in [0.5, 0.6) is 0 Å². The lowest BCUT2D eigenvalue weighted by Gasteiger charge is -2.00. The van der Waals surface area contributed by atoms with Crippen LogP contribution in [0.1, 0.15) is 11.3 Å². The van der Waals surface area contributed by atoms with E-state index in [0.717, 1.165) is 22.3 Å². The molecule has 0 fully saturated rings. The van der Waals surface area contributed by atoms with Crippen LogP contribution in [0.2, 0.25) is 0 Å². The molecule has 1 rings (SSSR count). The van der Waals surface area contributed by atoms with Gasteiger partial charge in [-0.1, -0.05) is 15.9 Å². The Morgan fingerprint density at radius 3 is 2.90 bits per heavy atom. The van der Waals surface area contributed by atoms with E-state index in [4.69, 9.17) is 5.73 Å². The van der Waals surface area contributed by atoms with Crippen molar-refractivity contribution in [2.45, 2.75) is 12.3 Å². The molecule has 0 atom stereocenters. The standard InChI is InChI=1S/C7H9BrN2/c1-5-2-7(9)6(3-8)4-10-5/h2,4H,3H2,1H3,(H2,9,10). The highest BCUT2D eigenvalue weighted by Crippen LogP contribution is 2.13. The van der Waals surface area contributed by atoms with E-state index < -0.39 is 0 Å². The van der Waals surface area contributed by atoms with Gasteiger partial charge in [0.25, 0.3) is 0 Å². The maximum atomic E-state index is 5.66. The van der Waals surface area contributed by atoms with Crippen molar-refractivity contribution < 1.29 is 0 Å². The van der Waals surface area contributed by atoms with Crippen LogP contribution in [-0.2, 0) is 5.33 Å². The summed E-state index contributed by atoms with van der Waals surface area (Å²) in [6, 6.07) is 1.87. The molecule has 0 spiro atoms. The maximum absolute atomic E-state index is 5.66. The van der Waals surface area contributed by atoms with Crippen LogP contribution >= 0.6 is 15.9 Å². The summed E-state index contributed by atoms with van der Waals surface area (Å²) >= 11 is 3.31. The SMILES string of the molecule is Cc1cc(N)c(CBr)cn1. The second-order valence-corrected chi connectivity index (χ2v) is 2.72. The van der Waals surface area contributed by atoms with Crippen molar-refractivity contribution in [1.29, 1.82) is 0 Å². The summed E-state index contributed by atoms with van der Waals surface area (Å²) in [5.41, 5.74) is 8.48. The largest absolute Gasteiger partial charge is 0.398 e. The first-order chi connectivity index (χ1) is 4.74. The van der Waals surface area contributed by atoms with Gasteiger partial charge in [-0.2, -0.15) is 0 Å². The topological polar surface area (TPSA) is 38.9 Å². The Balaban J connectivity index is 3.07. The summed E-state index contributed by atoms with van der Waals surface area (Å²) in [7, 11) is 0. The lowest BCUT2D eigenvalue weighted by Crippen LogP contribution is -1.93. The van der Waals surface area contributed by atoms with Gasteiger partial charge in [-0.3, -0.25) is 4.98 Å². The Bertz CT molecular complexity index is 235. The molecule has 1 heterocycles. The monoisotopic (exact) mass is 200 g/mol. The van der Waals surface area contributed by atoms with Gasteiger partial charge in [0, 0.05) is 28.5 Å². The predicted molar refractivity (Wildman–Crippen MR) is 46.0 cm³/mol. The van der Waals surface area contributed by atoms with Crippen molar-refractivity contribution in [1.82, 2.24) is 4.98 Å². The Morgan fingerprint density at radius 2 is 2.40 bits per heavy atom. The molecule has 0 aliphatic heterocycles. The van der Waals surface area contributed by atoms with Gasteiger partial charge in [0.2, 0.25) is 0 Å². The molecular formula is C7H9BrN2. The number of aromatic nitrogens is 1. The van der Waals surface area contributed by atoms with Gasteiger partial charge >= 0.3 is 0 Å². The predicted octanol–water partition coefficient (Wildman–Crippen LogP) is 1.87. The lowest BCUT2D eigenvalue weighted by molar-refractivity contribution is 1.17. The third-order valence-corrected chi connectivity index (χ3v) is 1.91. The highest BCUT2D eigenvalue weighted by Gasteiger charge is 1.96. The summed E-state index contributed by atoms with van der Waals surface area (Å²) in [4.78, 5) is 4.10. The van der Waals surface area contributed by atoms with Crippen molar-refractivity contribution in [3.05, 3.63) is 23.5 Å². The Kier molecular flexibility index (Phi) is 2.27. The number of nitrogen functional groups attached to an aromatic ring is 1. The first kappa shape index (κ1) is 7.54. The lowest BCUT2D eigenvalue weighted by atomic mass is 10.2. The molecule has 10 heavy (non-hydrogen) atoms. The number of hydrogen-bond acceptors (Lipinski definition) is 2. The van der Waals surface area contributed by atoms with E-state index >= 15 is 0 Å². The number of hydrogen-bond donors (Lipinski definition) is 1. The van der Waals surface area contributed by atoms with Gasteiger partial charge in [-0.15, -0.1) is 0 Å². The number of halogens is 1. The molecule has 0 amide bonds. The molecule has 0 unspecified atom stereocenters. The van der Waals surface area contributed by atoms with Gasteiger partial charge < -0.3 is 5.73 Å². The van der Waals surface area contributed by atoms with E-state index in [0.29, 0.717) is 0 Å². The normalized spacial score (nSPS) is 9.80. The van der Waals surface area contributed by atoms with Crippen LogP contribution in [0.3, 0.4) is 0 Å².